The van der Waals surface area contributed by atoms with Gasteiger partial charge in [0.2, 0.25) is 0 Å². The molecular weight excluding hydrogens is 343 g/mol. The van der Waals surface area contributed by atoms with Gasteiger partial charge in [-0.15, -0.1) is 12.4 Å². The van der Waals surface area contributed by atoms with E-state index in [2.05, 4.69) is 40.0 Å². The summed E-state index contributed by atoms with van der Waals surface area (Å²) in [6, 6.07) is 5.66. The zero-order valence-corrected chi connectivity index (χ0v) is 14.4. The van der Waals surface area contributed by atoms with Gasteiger partial charge in [-0.1, -0.05) is 26.0 Å². The van der Waals surface area contributed by atoms with Crippen LogP contribution in [0.1, 0.15) is 31.9 Å². The molecule has 1 N–H and O–H groups in total. The summed E-state index contributed by atoms with van der Waals surface area (Å²) in [6.07, 6.45) is 1.06. The number of rotatable bonds is 4. The molecule has 1 aliphatic heterocycles. The van der Waals surface area contributed by atoms with Crippen LogP contribution in [0.3, 0.4) is 0 Å². The molecule has 0 spiro atoms. The standard InChI is InChI=1S/C15H22BrFN2.ClH/c1-11(2)10-14(19-8-6-18-7-9-19)12-4-3-5-13(17)15(12)16;/h3-5,11,14,18H,6-10H2,1-2H3;1H/t14-;/m1./s1. The zero-order chi connectivity index (χ0) is 13.8. The van der Waals surface area contributed by atoms with Crippen molar-refractivity contribution in [3.8, 4) is 0 Å². The van der Waals surface area contributed by atoms with E-state index in [9.17, 15) is 4.39 Å². The van der Waals surface area contributed by atoms with Crippen molar-refractivity contribution in [1.29, 1.82) is 0 Å². The number of hydrogen-bond acceptors (Lipinski definition) is 2. The van der Waals surface area contributed by atoms with E-state index in [4.69, 9.17) is 0 Å². The lowest BCUT2D eigenvalue weighted by Crippen LogP contribution is -2.45. The monoisotopic (exact) mass is 364 g/mol. The summed E-state index contributed by atoms with van der Waals surface area (Å²) in [5.74, 6) is 0.427. The Balaban J connectivity index is 0.00000200. The van der Waals surface area contributed by atoms with Gasteiger partial charge >= 0.3 is 0 Å². The quantitative estimate of drug-likeness (QED) is 0.867. The summed E-state index contributed by atoms with van der Waals surface area (Å²) >= 11 is 3.42. The van der Waals surface area contributed by atoms with Crippen LogP contribution in [0, 0.1) is 11.7 Å². The first-order valence-corrected chi connectivity index (χ1v) is 7.77. The predicted molar refractivity (Wildman–Crippen MR) is 88.0 cm³/mol. The Kier molecular flexibility index (Phi) is 7.45. The van der Waals surface area contributed by atoms with Crippen LogP contribution in [0.15, 0.2) is 22.7 Å². The van der Waals surface area contributed by atoms with E-state index >= 15 is 0 Å². The number of benzene rings is 1. The number of hydrogen-bond donors (Lipinski definition) is 1. The fourth-order valence-electron chi connectivity index (χ4n) is 2.69. The Morgan fingerprint density at radius 2 is 1.95 bits per heavy atom. The van der Waals surface area contributed by atoms with Crippen molar-refractivity contribution in [2.24, 2.45) is 5.92 Å². The molecule has 20 heavy (non-hydrogen) atoms. The van der Waals surface area contributed by atoms with Gasteiger partial charge in [0.15, 0.2) is 0 Å². The van der Waals surface area contributed by atoms with Crippen molar-refractivity contribution in [2.75, 3.05) is 26.2 Å². The Labute approximate surface area is 135 Å². The van der Waals surface area contributed by atoms with Gasteiger partial charge in [0.1, 0.15) is 5.82 Å². The Bertz CT molecular complexity index is 422. The van der Waals surface area contributed by atoms with E-state index in [-0.39, 0.29) is 18.2 Å². The fourth-order valence-corrected chi connectivity index (χ4v) is 3.22. The topological polar surface area (TPSA) is 15.3 Å². The Morgan fingerprint density at radius 3 is 2.55 bits per heavy atom. The minimum Gasteiger partial charge on any atom is -0.314 e. The molecule has 0 aliphatic carbocycles. The highest BCUT2D eigenvalue weighted by molar-refractivity contribution is 9.10. The lowest BCUT2D eigenvalue weighted by Gasteiger charge is -2.36. The lowest BCUT2D eigenvalue weighted by atomic mass is 9.95. The van der Waals surface area contributed by atoms with Crippen molar-refractivity contribution in [3.05, 3.63) is 34.1 Å². The average molecular weight is 366 g/mol. The summed E-state index contributed by atoms with van der Waals surface area (Å²) < 4.78 is 14.4. The molecule has 0 saturated carbocycles. The smallest absolute Gasteiger partial charge is 0.137 e. The van der Waals surface area contributed by atoms with Crippen LogP contribution in [0.4, 0.5) is 4.39 Å². The van der Waals surface area contributed by atoms with Gasteiger partial charge in [-0.25, -0.2) is 4.39 Å². The first-order valence-electron chi connectivity index (χ1n) is 6.98. The van der Waals surface area contributed by atoms with E-state index < -0.39 is 0 Å². The van der Waals surface area contributed by atoms with E-state index in [0.717, 1.165) is 38.2 Å². The third-order valence-corrected chi connectivity index (χ3v) is 4.46. The molecule has 0 aromatic heterocycles. The molecule has 1 fully saturated rings. The first kappa shape index (κ1) is 17.9. The first-order chi connectivity index (χ1) is 9.09. The van der Waals surface area contributed by atoms with Gasteiger partial charge in [0.05, 0.1) is 4.47 Å². The Hall–Kier alpha value is -0.160. The van der Waals surface area contributed by atoms with Gasteiger partial charge in [-0.05, 0) is 39.9 Å². The Morgan fingerprint density at radius 1 is 1.30 bits per heavy atom. The molecule has 5 heteroatoms. The van der Waals surface area contributed by atoms with Crippen LogP contribution in [-0.2, 0) is 0 Å². The SMILES string of the molecule is CC(C)C[C@H](c1cccc(F)c1Br)N1CCNCC1.Cl. The highest BCUT2D eigenvalue weighted by Crippen LogP contribution is 2.34. The highest BCUT2D eigenvalue weighted by Gasteiger charge is 2.25. The number of nitrogens with zero attached hydrogens (tertiary/aromatic N) is 1. The summed E-state index contributed by atoms with van der Waals surface area (Å²) in [6.45, 7) is 8.54. The van der Waals surface area contributed by atoms with Crippen molar-refractivity contribution >= 4 is 28.3 Å². The predicted octanol–water partition coefficient (Wildman–Crippen LogP) is 4.00. The summed E-state index contributed by atoms with van der Waals surface area (Å²) in [5, 5.41) is 3.37. The van der Waals surface area contributed by atoms with Crippen LogP contribution in [0.25, 0.3) is 0 Å². The minimum absolute atomic E-state index is 0. The molecule has 1 atom stereocenters. The normalized spacial score (nSPS) is 17.9. The molecule has 2 rings (SSSR count). The molecule has 1 aromatic carbocycles. The molecule has 1 saturated heterocycles. The highest BCUT2D eigenvalue weighted by atomic mass is 79.9. The summed E-state index contributed by atoms with van der Waals surface area (Å²) in [7, 11) is 0. The van der Waals surface area contributed by atoms with E-state index in [1.807, 2.05) is 12.1 Å². The van der Waals surface area contributed by atoms with Crippen LogP contribution in [-0.4, -0.2) is 31.1 Å². The molecule has 0 radical (unpaired) electrons. The average Bonchev–Trinajstić information content (AvgIpc) is 2.40. The summed E-state index contributed by atoms with van der Waals surface area (Å²) in [5.41, 5.74) is 1.08. The molecule has 114 valence electrons. The maximum absolute atomic E-state index is 13.8. The van der Waals surface area contributed by atoms with Crippen molar-refractivity contribution in [2.45, 2.75) is 26.3 Å². The minimum atomic E-state index is -0.165. The maximum Gasteiger partial charge on any atom is 0.137 e. The van der Waals surface area contributed by atoms with Gasteiger partial charge < -0.3 is 5.32 Å². The number of halogens is 3. The molecule has 0 bridgehead atoms. The van der Waals surface area contributed by atoms with Gasteiger partial charge in [-0.3, -0.25) is 4.90 Å². The fraction of sp³-hybridized carbons (Fsp3) is 0.600. The van der Waals surface area contributed by atoms with Crippen molar-refractivity contribution < 1.29 is 4.39 Å². The van der Waals surface area contributed by atoms with Crippen LogP contribution >= 0.6 is 28.3 Å². The van der Waals surface area contributed by atoms with E-state index in [1.54, 1.807) is 0 Å². The van der Waals surface area contributed by atoms with E-state index in [1.165, 1.54) is 6.07 Å². The van der Waals surface area contributed by atoms with Gasteiger partial charge in [0.25, 0.3) is 0 Å². The second-order valence-corrected chi connectivity index (χ2v) is 6.37. The molecule has 1 aromatic rings. The number of nitrogens with one attached hydrogen (secondary N) is 1. The van der Waals surface area contributed by atoms with Crippen molar-refractivity contribution in [3.63, 3.8) is 0 Å². The third-order valence-electron chi connectivity index (χ3n) is 3.63. The second-order valence-electron chi connectivity index (χ2n) is 5.57. The van der Waals surface area contributed by atoms with Gasteiger partial charge in [-0.2, -0.15) is 0 Å². The third kappa shape index (κ3) is 4.42. The molecule has 2 nitrogen and oxygen atoms in total. The molecule has 1 aliphatic rings. The van der Waals surface area contributed by atoms with E-state index in [0.29, 0.717) is 16.4 Å². The number of piperazine rings is 1. The lowest BCUT2D eigenvalue weighted by molar-refractivity contribution is 0.153. The molecule has 0 unspecified atom stereocenters. The van der Waals surface area contributed by atoms with Gasteiger partial charge in [0, 0.05) is 32.2 Å². The van der Waals surface area contributed by atoms with Crippen LogP contribution in [0.2, 0.25) is 0 Å². The molecule has 0 amide bonds. The zero-order valence-electron chi connectivity index (χ0n) is 12.0. The van der Waals surface area contributed by atoms with Crippen molar-refractivity contribution in [1.82, 2.24) is 10.2 Å². The molecular formula is C15H23BrClFN2. The van der Waals surface area contributed by atoms with Crippen LogP contribution in [0.5, 0.6) is 0 Å². The van der Waals surface area contributed by atoms with Crippen LogP contribution < -0.4 is 5.32 Å². The molecule has 1 heterocycles. The largest absolute Gasteiger partial charge is 0.314 e. The maximum atomic E-state index is 13.8. The second kappa shape index (κ2) is 8.32. The summed E-state index contributed by atoms with van der Waals surface area (Å²) in [4.78, 5) is 2.47.